The molecule has 7 heteroatoms. The third kappa shape index (κ3) is 4.49. The number of amides is 1. The van der Waals surface area contributed by atoms with Gasteiger partial charge in [0, 0.05) is 28.5 Å². The minimum atomic E-state index is -0.574. The van der Waals surface area contributed by atoms with E-state index in [1.165, 1.54) is 7.11 Å². The van der Waals surface area contributed by atoms with E-state index in [1.54, 1.807) is 30.3 Å². The Morgan fingerprint density at radius 2 is 1.90 bits per heavy atom. The fourth-order valence-corrected chi connectivity index (χ4v) is 3.90. The normalized spacial score (nSPS) is 10.8. The molecular weight excluding hydrogens is 404 g/mol. The van der Waals surface area contributed by atoms with Crippen molar-refractivity contribution in [3.63, 3.8) is 0 Å². The Balaban J connectivity index is 2.22. The molecule has 2 aromatic carbocycles. The van der Waals surface area contributed by atoms with Crippen LogP contribution in [0.4, 0.5) is 0 Å². The van der Waals surface area contributed by atoms with Crippen LogP contribution in [0.25, 0.3) is 11.1 Å². The zero-order valence-electron chi connectivity index (χ0n) is 16.8. The topological polar surface area (TPSA) is 94.6 Å². The molecule has 0 aliphatic heterocycles. The number of phenolic OH excluding ortho intramolecular Hbond substituents is 1. The van der Waals surface area contributed by atoms with E-state index in [0.717, 1.165) is 11.3 Å². The van der Waals surface area contributed by atoms with Gasteiger partial charge in [0.15, 0.2) is 0 Å². The fraction of sp³-hybridized carbons (Fsp3) is 0.217. The van der Waals surface area contributed by atoms with Crippen LogP contribution in [0, 0.1) is 6.92 Å². The first-order chi connectivity index (χ1) is 14.3. The number of rotatable bonds is 7. The summed E-state index contributed by atoms with van der Waals surface area (Å²) in [6.07, 6.45) is 0.478. The van der Waals surface area contributed by atoms with Gasteiger partial charge < -0.3 is 20.1 Å². The SMILES string of the molecule is COC(=O)CCc1c(-c2cccc(O)c2)c(C(N)=O)c(C)n1Cc1cccc(Cl)c1. The first-order valence-corrected chi connectivity index (χ1v) is 9.82. The number of carbonyl (C=O) groups excluding carboxylic acids is 2. The van der Waals surface area contributed by atoms with Crippen LogP contribution in [-0.4, -0.2) is 28.7 Å². The van der Waals surface area contributed by atoms with Gasteiger partial charge in [-0.25, -0.2) is 0 Å². The van der Waals surface area contributed by atoms with Gasteiger partial charge in [0.25, 0.3) is 5.91 Å². The maximum Gasteiger partial charge on any atom is 0.305 e. The summed E-state index contributed by atoms with van der Waals surface area (Å²) in [5.74, 6) is -0.859. The Hall–Kier alpha value is -3.25. The van der Waals surface area contributed by atoms with E-state index in [2.05, 4.69) is 0 Å². The largest absolute Gasteiger partial charge is 0.508 e. The van der Waals surface area contributed by atoms with Gasteiger partial charge in [0.2, 0.25) is 0 Å². The number of aromatic nitrogens is 1. The number of primary amides is 1. The maximum absolute atomic E-state index is 12.4. The summed E-state index contributed by atoms with van der Waals surface area (Å²) in [6, 6.07) is 14.1. The number of nitrogens with zero attached hydrogens (tertiary/aromatic N) is 1. The summed E-state index contributed by atoms with van der Waals surface area (Å²) in [7, 11) is 1.34. The van der Waals surface area contributed by atoms with Gasteiger partial charge in [-0.3, -0.25) is 9.59 Å². The number of methoxy groups -OCH3 is 1. The van der Waals surface area contributed by atoms with Gasteiger partial charge in [-0.05, 0) is 48.7 Å². The maximum atomic E-state index is 12.4. The Morgan fingerprint density at radius 3 is 2.53 bits per heavy atom. The number of nitrogens with two attached hydrogens (primary N) is 1. The number of phenols is 1. The first kappa shape index (κ1) is 21.5. The van der Waals surface area contributed by atoms with Crippen LogP contribution >= 0.6 is 11.6 Å². The van der Waals surface area contributed by atoms with Crippen LogP contribution < -0.4 is 5.73 Å². The molecule has 0 saturated heterocycles. The monoisotopic (exact) mass is 426 g/mol. The molecule has 3 N–H and O–H groups in total. The van der Waals surface area contributed by atoms with Gasteiger partial charge in [-0.1, -0.05) is 35.9 Å². The first-order valence-electron chi connectivity index (χ1n) is 9.44. The lowest BCUT2D eigenvalue weighted by Gasteiger charge is -2.14. The van der Waals surface area contributed by atoms with Crippen LogP contribution in [0.3, 0.4) is 0 Å². The van der Waals surface area contributed by atoms with E-state index in [4.69, 9.17) is 22.1 Å². The molecule has 3 rings (SSSR count). The number of hydrogen-bond donors (Lipinski definition) is 2. The molecule has 1 aromatic heterocycles. The molecule has 156 valence electrons. The molecule has 0 aliphatic carbocycles. The van der Waals surface area contributed by atoms with E-state index in [9.17, 15) is 14.7 Å². The molecular formula is C23H23ClN2O4. The number of halogens is 1. The van der Waals surface area contributed by atoms with Gasteiger partial charge >= 0.3 is 5.97 Å². The molecule has 0 saturated carbocycles. The minimum Gasteiger partial charge on any atom is -0.508 e. The Kier molecular flexibility index (Phi) is 6.47. The smallest absolute Gasteiger partial charge is 0.305 e. The average Bonchev–Trinajstić information content (AvgIpc) is 2.98. The number of esters is 1. The summed E-state index contributed by atoms with van der Waals surface area (Å²) >= 11 is 6.14. The average molecular weight is 427 g/mol. The Bertz CT molecular complexity index is 1100. The summed E-state index contributed by atoms with van der Waals surface area (Å²) in [5, 5.41) is 10.6. The van der Waals surface area contributed by atoms with Crippen molar-refractivity contribution in [2.75, 3.05) is 7.11 Å². The van der Waals surface area contributed by atoms with Crippen LogP contribution in [0.2, 0.25) is 5.02 Å². The van der Waals surface area contributed by atoms with Crippen molar-refractivity contribution in [3.05, 3.63) is 76.1 Å². The van der Waals surface area contributed by atoms with Crippen LogP contribution in [-0.2, 0) is 22.5 Å². The minimum absolute atomic E-state index is 0.0714. The molecule has 0 bridgehead atoms. The predicted molar refractivity (Wildman–Crippen MR) is 116 cm³/mol. The van der Waals surface area contributed by atoms with E-state index in [0.29, 0.717) is 40.4 Å². The van der Waals surface area contributed by atoms with Gasteiger partial charge in [0.05, 0.1) is 19.1 Å². The third-order valence-corrected chi connectivity index (χ3v) is 5.27. The molecule has 1 heterocycles. The molecule has 0 unspecified atom stereocenters. The van der Waals surface area contributed by atoms with Crippen LogP contribution in [0.15, 0.2) is 48.5 Å². The predicted octanol–water partition coefficient (Wildman–Crippen LogP) is 4.08. The number of ether oxygens (including phenoxy) is 1. The standard InChI is InChI=1S/C23H23ClN2O4/c1-14-21(23(25)29)22(16-6-4-8-18(27)12-16)19(9-10-20(28)30-2)26(14)13-15-5-3-7-17(24)11-15/h3-8,11-12,27H,9-10,13H2,1-2H3,(H2,25,29). The van der Waals surface area contributed by atoms with E-state index in [-0.39, 0.29) is 18.1 Å². The van der Waals surface area contributed by atoms with Crippen LogP contribution in [0.1, 0.15) is 33.7 Å². The quantitative estimate of drug-likeness (QED) is 0.556. The number of benzene rings is 2. The summed E-state index contributed by atoms with van der Waals surface area (Å²) in [4.78, 5) is 24.2. The molecule has 0 aliphatic rings. The molecule has 3 aromatic rings. The summed E-state index contributed by atoms with van der Waals surface area (Å²) in [5.41, 5.74) is 9.76. The van der Waals surface area contributed by atoms with Crippen molar-refractivity contribution in [1.29, 1.82) is 0 Å². The summed E-state index contributed by atoms with van der Waals surface area (Å²) < 4.78 is 6.76. The molecule has 0 radical (unpaired) electrons. The van der Waals surface area contributed by atoms with Crippen molar-refractivity contribution >= 4 is 23.5 Å². The summed E-state index contributed by atoms with van der Waals surface area (Å²) in [6.45, 7) is 2.26. The third-order valence-electron chi connectivity index (χ3n) is 5.04. The second-order valence-electron chi connectivity index (χ2n) is 6.99. The van der Waals surface area contributed by atoms with Gasteiger partial charge in [-0.15, -0.1) is 0 Å². The molecule has 0 spiro atoms. The lowest BCUT2D eigenvalue weighted by molar-refractivity contribution is -0.140. The van der Waals surface area contributed by atoms with E-state index >= 15 is 0 Å². The molecule has 0 fully saturated rings. The molecule has 6 nitrogen and oxygen atoms in total. The molecule has 30 heavy (non-hydrogen) atoms. The van der Waals surface area contributed by atoms with E-state index < -0.39 is 5.91 Å². The lowest BCUT2D eigenvalue weighted by atomic mass is 9.97. The highest BCUT2D eigenvalue weighted by atomic mass is 35.5. The number of hydrogen-bond acceptors (Lipinski definition) is 4. The zero-order valence-corrected chi connectivity index (χ0v) is 17.6. The van der Waals surface area contributed by atoms with Crippen molar-refractivity contribution < 1.29 is 19.4 Å². The van der Waals surface area contributed by atoms with Crippen molar-refractivity contribution in [1.82, 2.24) is 4.57 Å². The molecule has 1 amide bonds. The highest BCUT2D eigenvalue weighted by Gasteiger charge is 2.25. The lowest BCUT2D eigenvalue weighted by Crippen LogP contribution is -2.13. The fourth-order valence-electron chi connectivity index (χ4n) is 3.69. The van der Waals surface area contributed by atoms with E-state index in [1.807, 2.05) is 29.7 Å². The Morgan fingerprint density at radius 1 is 1.17 bits per heavy atom. The highest BCUT2D eigenvalue weighted by Crippen LogP contribution is 2.35. The van der Waals surface area contributed by atoms with Crippen molar-refractivity contribution in [2.45, 2.75) is 26.3 Å². The van der Waals surface area contributed by atoms with Crippen LogP contribution in [0.5, 0.6) is 5.75 Å². The second-order valence-corrected chi connectivity index (χ2v) is 7.43. The van der Waals surface area contributed by atoms with Crippen molar-refractivity contribution in [2.24, 2.45) is 5.73 Å². The van der Waals surface area contributed by atoms with Gasteiger partial charge in [-0.2, -0.15) is 0 Å². The number of aromatic hydroxyl groups is 1. The van der Waals surface area contributed by atoms with Gasteiger partial charge in [0.1, 0.15) is 5.75 Å². The zero-order chi connectivity index (χ0) is 21.8. The number of carbonyl (C=O) groups is 2. The Labute approximate surface area is 179 Å². The molecule has 0 atom stereocenters. The van der Waals surface area contributed by atoms with Crippen molar-refractivity contribution in [3.8, 4) is 16.9 Å². The second kappa shape index (κ2) is 9.05. The highest BCUT2D eigenvalue weighted by molar-refractivity contribution is 6.30.